The fourth-order valence-electron chi connectivity index (χ4n) is 3.77. The van der Waals surface area contributed by atoms with Gasteiger partial charge < -0.3 is 14.3 Å². The fraction of sp³-hybridized carbons (Fsp3) is 0.840. The number of carbonyl (C=O) groups excluding carboxylic acids is 4. The minimum absolute atomic E-state index is 0.0706. The van der Waals surface area contributed by atoms with Crippen LogP contribution in [0.4, 0.5) is 0 Å². The molecule has 1 aliphatic heterocycles. The van der Waals surface area contributed by atoms with Crippen molar-refractivity contribution in [3.8, 4) is 0 Å². The van der Waals surface area contributed by atoms with Crippen molar-refractivity contribution in [1.29, 1.82) is 0 Å². The predicted molar refractivity (Wildman–Crippen MR) is 134 cm³/mol. The van der Waals surface area contributed by atoms with E-state index in [1.165, 1.54) is 0 Å². The first-order chi connectivity index (χ1) is 16.2. The van der Waals surface area contributed by atoms with Crippen LogP contribution < -0.4 is 0 Å². The second-order valence-corrected chi connectivity index (χ2v) is 11.2. The highest BCUT2D eigenvalue weighted by Gasteiger charge is 2.24. The summed E-state index contributed by atoms with van der Waals surface area (Å²) in [5, 5.41) is 0. The molecule has 0 N–H and O–H groups in total. The monoisotopic (exact) mass is 498 g/mol. The maximum absolute atomic E-state index is 12.5. The highest BCUT2D eigenvalue weighted by molar-refractivity contribution is 5.77. The number of aldehydes is 1. The Morgan fingerprint density at radius 1 is 0.629 bits per heavy atom. The van der Waals surface area contributed by atoms with Crippen LogP contribution in [0.3, 0.4) is 0 Å². The third kappa shape index (κ3) is 15.7. The van der Waals surface area contributed by atoms with E-state index in [2.05, 4.69) is 4.90 Å². The second-order valence-electron chi connectivity index (χ2n) is 11.2. The van der Waals surface area contributed by atoms with E-state index >= 15 is 0 Å². The number of rotatable bonds is 8. The number of ether oxygens (including phenoxy) is 2. The number of hydrogen-bond donors (Lipinski definition) is 0. The van der Waals surface area contributed by atoms with E-state index in [1.54, 1.807) is 6.92 Å². The molecule has 10 nitrogen and oxygen atoms in total. The van der Waals surface area contributed by atoms with Gasteiger partial charge in [0, 0.05) is 52.4 Å². The van der Waals surface area contributed by atoms with Crippen LogP contribution in [0.1, 0.15) is 48.5 Å². The summed E-state index contributed by atoms with van der Waals surface area (Å²) in [6.45, 7) is 18.1. The molecule has 0 aliphatic carbocycles. The summed E-state index contributed by atoms with van der Waals surface area (Å²) in [7, 11) is 0. The second kappa shape index (κ2) is 14.6. The molecule has 0 bridgehead atoms. The summed E-state index contributed by atoms with van der Waals surface area (Å²) < 4.78 is 11.0. The molecule has 1 saturated heterocycles. The molecule has 35 heavy (non-hydrogen) atoms. The number of carbonyl (C=O) groups is 4. The Hall–Kier alpha value is -1.88. The molecular weight excluding hydrogens is 452 g/mol. The Balaban J connectivity index is 3.00. The third-order valence-corrected chi connectivity index (χ3v) is 5.25. The first-order valence-electron chi connectivity index (χ1n) is 12.4. The Morgan fingerprint density at radius 3 is 1.23 bits per heavy atom. The van der Waals surface area contributed by atoms with Gasteiger partial charge in [-0.25, -0.2) is 0 Å². The van der Waals surface area contributed by atoms with E-state index in [9.17, 15) is 19.2 Å². The van der Waals surface area contributed by atoms with Crippen LogP contribution in [0, 0.1) is 0 Å². The molecule has 1 fully saturated rings. The number of Topliss-reactive ketones (excluding diaryl/α,β-unsaturated/α-hetero) is 1. The van der Waals surface area contributed by atoms with Gasteiger partial charge in [-0.15, -0.1) is 0 Å². The van der Waals surface area contributed by atoms with E-state index in [0.29, 0.717) is 65.4 Å². The van der Waals surface area contributed by atoms with Gasteiger partial charge in [-0.2, -0.15) is 0 Å². The van der Waals surface area contributed by atoms with Crippen LogP contribution >= 0.6 is 0 Å². The molecule has 0 aromatic heterocycles. The van der Waals surface area contributed by atoms with Crippen LogP contribution in [0.25, 0.3) is 0 Å². The zero-order valence-corrected chi connectivity index (χ0v) is 22.8. The zero-order chi connectivity index (χ0) is 26.6. The van der Waals surface area contributed by atoms with Crippen LogP contribution in [-0.4, -0.2) is 133 Å². The maximum Gasteiger partial charge on any atom is 0.320 e. The van der Waals surface area contributed by atoms with Crippen molar-refractivity contribution in [1.82, 2.24) is 19.6 Å². The summed E-state index contributed by atoms with van der Waals surface area (Å²) in [5.41, 5.74) is -1.15. The first kappa shape index (κ1) is 31.2. The summed E-state index contributed by atoms with van der Waals surface area (Å²) in [5.74, 6) is -0.544. The van der Waals surface area contributed by atoms with Crippen LogP contribution in [-0.2, 0) is 28.7 Å². The van der Waals surface area contributed by atoms with Gasteiger partial charge in [0.15, 0.2) is 0 Å². The molecule has 0 aromatic rings. The minimum atomic E-state index is -0.574. The molecule has 0 radical (unpaired) electrons. The van der Waals surface area contributed by atoms with Gasteiger partial charge in [-0.3, -0.25) is 34.0 Å². The lowest BCUT2D eigenvalue weighted by molar-refractivity contribution is -0.158. The zero-order valence-electron chi connectivity index (χ0n) is 22.8. The Kier molecular flexibility index (Phi) is 13.0. The van der Waals surface area contributed by atoms with Crippen molar-refractivity contribution >= 4 is 24.0 Å². The highest BCUT2D eigenvalue weighted by Crippen LogP contribution is 2.10. The maximum atomic E-state index is 12.5. The summed E-state index contributed by atoms with van der Waals surface area (Å²) in [6.07, 6.45) is 0.877. The number of nitrogens with zero attached hydrogens (tertiary/aromatic N) is 4. The Labute approximate surface area is 210 Å². The quantitative estimate of drug-likeness (QED) is 0.351. The first-order valence-corrected chi connectivity index (χ1v) is 12.4. The van der Waals surface area contributed by atoms with E-state index < -0.39 is 11.2 Å². The summed E-state index contributed by atoms with van der Waals surface area (Å²) in [6, 6.07) is 0. The van der Waals surface area contributed by atoms with Crippen LogP contribution in [0.5, 0.6) is 0 Å². The predicted octanol–water partition coefficient (Wildman–Crippen LogP) is 0.679. The lowest BCUT2D eigenvalue weighted by Crippen LogP contribution is -2.49. The molecule has 1 aliphatic rings. The van der Waals surface area contributed by atoms with Crippen LogP contribution in [0.15, 0.2) is 0 Å². The van der Waals surface area contributed by atoms with E-state index in [-0.39, 0.29) is 30.8 Å². The molecule has 0 atom stereocenters. The van der Waals surface area contributed by atoms with Gasteiger partial charge >= 0.3 is 11.9 Å². The third-order valence-electron chi connectivity index (χ3n) is 5.25. The highest BCUT2D eigenvalue weighted by atomic mass is 16.6. The van der Waals surface area contributed by atoms with Gasteiger partial charge in [-0.05, 0) is 48.5 Å². The molecule has 202 valence electrons. The minimum Gasteiger partial charge on any atom is -0.459 e. The Morgan fingerprint density at radius 2 is 0.943 bits per heavy atom. The summed E-state index contributed by atoms with van der Waals surface area (Å²) >= 11 is 0. The topological polar surface area (TPSA) is 99.7 Å². The van der Waals surface area contributed by atoms with Gasteiger partial charge in [0.1, 0.15) is 23.3 Å². The van der Waals surface area contributed by atoms with Gasteiger partial charge in [0.25, 0.3) is 0 Å². The fourth-order valence-corrected chi connectivity index (χ4v) is 3.77. The number of ketones is 1. The Bertz CT molecular complexity index is 701. The van der Waals surface area contributed by atoms with Gasteiger partial charge in [0.2, 0.25) is 0 Å². The van der Waals surface area contributed by atoms with Crippen LogP contribution in [0.2, 0.25) is 0 Å². The standard InChI is InChI=1S/C25H46N4O6/c1-21(31)18-27-10-8-26(16-17-30)9-11-28(19-22(32)34-24(2,3)4)14-15-29(13-12-27)20-23(33)35-25(5,6)7/h17H,8-16,18-20H2,1-7H3. The lowest BCUT2D eigenvalue weighted by Gasteiger charge is -2.33. The van der Waals surface area contributed by atoms with Gasteiger partial charge in [0.05, 0.1) is 26.2 Å². The van der Waals surface area contributed by atoms with Gasteiger partial charge in [-0.1, -0.05) is 0 Å². The average molecular weight is 499 g/mol. The van der Waals surface area contributed by atoms with Crippen molar-refractivity contribution in [3.05, 3.63) is 0 Å². The molecular formula is C25H46N4O6. The van der Waals surface area contributed by atoms with Crippen molar-refractivity contribution in [3.63, 3.8) is 0 Å². The largest absolute Gasteiger partial charge is 0.459 e. The number of hydrogen-bond acceptors (Lipinski definition) is 10. The van der Waals surface area contributed by atoms with E-state index in [4.69, 9.17) is 9.47 Å². The average Bonchev–Trinajstić information content (AvgIpc) is 2.66. The van der Waals surface area contributed by atoms with Crippen molar-refractivity contribution in [2.75, 3.05) is 78.5 Å². The number of esters is 2. The molecule has 10 heteroatoms. The lowest BCUT2D eigenvalue weighted by atomic mass is 10.2. The normalized spacial score (nSPS) is 18.8. The smallest absolute Gasteiger partial charge is 0.320 e. The molecule has 0 saturated carbocycles. The SMILES string of the molecule is CC(=O)CN1CCN(CC=O)CCN(CC(=O)OC(C)(C)C)CCN(CC(=O)OC(C)(C)C)CC1. The molecule has 0 amide bonds. The summed E-state index contributed by atoms with van der Waals surface area (Å²) in [4.78, 5) is 56.2. The molecule has 0 aromatic carbocycles. The molecule has 0 unspecified atom stereocenters. The molecule has 0 spiro atoms. The van der Waals surface area contributed by atoms with E-state index in [1.807, 2.05) is 56.2 Å². The van der Waals surface area contributed by atoms with E-state index in [0.717, 1.165) is 6.29 Å². The molecule has 1 heterocycles. The van der Waals surface area contributed by atoms with Crippen molar-refractivity contribution in [2.45, 2.75) is 59.7 Å². The molecule has 1 rings (SSSR count). The van der Waals surface area contributed by atoms with Crippen molar-refractivity contribution in [2.24, 2.45) is 0 Å². The van der Waals surface area contributed by atoms with Crippen molar-refractivity contribution < 1.29 is 28.7 Å².